The van der Waals surface area contributed by atoms with E-state index in [4.69, 9.17) is 0 Å². The molecule has 0 fully saturated rings. The maximum absolute atomic E-state index is 14.0. The first-order valence-electron chi connectivity index (χ1n) is 12.7. The number of carbonyl (C=O) groups excluding carboxylic acids is 1. The lowest BCUT2D eigenvalue weighted by Crippen LogP contribution is -2.55. The molecule has 7 nitrogen and oxygen atoms in total. The van der Waals surface area contributed by atoms with Crippen molar-refractivity contribution < 1.29 is 23.1 Å². The fourth-order valence-corrected chi connectivity index (χ4v) is 4.68. The van der Waals surface area contributed by atoms with E-state index in [1.807, 2.05) is 60.7 Å². The summed E-state index contributed by atoms with van der Waals surface area (Å²) in [5.74, 6) is -0.584. The Morgan fingerprint density at radius 2 is 1.62 bits per heavy atom. The predicted octanol–water partition coefficient (Wildman–Crippen LogP) is 5.29. The van der Waals surface area contributed by atoms with Gasteiger partial charge in [0.05, 0.1) is 17.7 Å². The van der Waals surface area contributed by atoms with Crippen molar-refractivity contribution in [3.05, 3.63) is 126 Å². The van der Waals surface area contributed by atoms with Crippen molar-refractivity contribution in [1.29, 1.82) is 0 Å². The molecule has 1 aliphatic heterocycles. The van der Waals surface area contributed by atoms with Crippen molar-refractivity contribution in [1.82, 2.24) is 15.3 Å². The normalized spacial score (nSPS) is 17.1. The van der Waals surface area contributed by atoms with Crippen molar-refractivity contribution >= 4 is 17.4 Å². The molecule has 1 amide bonds. The van der Waals surface area contributed by atoms with Gasteiger partial charge in [-0.1, -0.05) is 66.7 Å². The second-order valence-corrected chi connectivity index (χ2v) is 9.41. The largest absolute Gasteiger partial charge is 0.438 e. The highest BCUT2D eigenvalue weighted by Gasteiger charge is 2.62. The van der Waals surface area contributed by atoms with Gasteiger partial charge in [0, 0.05) is 36.6 Å². The highest BCUT2D eigenvalue weighted by atomic mass is 19.4. The van der Waals surface area contributed by atoms with E-state index < -0.39 is 24.2 Å². The Morgan fingerprint density at radius 1 is 0.950 bits per heavy atom. The third-order valence-corrected chi connectivity index (χ3v) is 6.78. The van der Waals surface area contributed by atoms with Crippen molar-refractivity contribution in [3.63, 3.8) is 0 Å². The Kier molecular flexibility index (Phi) is 7.61. The van der Waals surface area contributed by atoms with Crippen LogP contribution in [-0.4, -0.2) is 45.1 Å². The summed E-state index contributed by atoms with van der Waals surface area (Å²) in [7, 11) is 0. The van der Waals surface area contributed by atoms with Gasteiger partial charge < -0.3 is 10.4 Å². The van der Waals surface area contributed by atoms with E-state index in [1.165, 1.54) is 30.7 Å². The van der Waals surface area contributed by atoms with Crippen LogP contribution in [0, 0.1) is 0 Å². The second-order valence-electron chi connectivity index (χ2n) is 9.41. The molecule has 0 saturated carbocycles. The summed E-state index contributed by atoms with van der Waals surface area (Å²) >= 11 is 0. The van der Waals surface area contributed by atoms with Crippen LogP contribution in [-0.2, 0) is 0 Å². The second kappa shape index (κ2) is 11.3. The van der Waals surface area contributed by atoms with Gasteiger partial charge in [-0.25, -0.2) is 9.99 Å². The van der Waals surface area contributed by atoms with E-state index in [-0.39, 0.29) is 23.0 Å². The van der Waals surface area contributed by atoms with Crippen molar-refractivity contribution in [3.8, 4) is 0 Å². The van der Waals surface area contributed by atoms with Crippen LogP contribution in [0.1, 0.15) is 45.8 Å². The molecule has 204 valence electrons. The lowest BCUT2D eigenvalue weighted by Gasteiger charge is -2.33. The molecule has 5 rings (SSSR count). The summed E-state index contributed by atoms with van der Waals surface area (Å²) in [6.07, 6.45) is -1.14. The van der Waals surface area contributed by atoms with Crippen LogP contribution >= 0.6 is 0 Å². The average Bonchev–Trinajstić information content (AvgIpc) is 3.35. The van der Waals surface area contributed by atoms with Gasteiger partial charge in [0.15, 0.2) is 5.82 Å². The summed E-state index contributed by atoms with van der Waals surface area (Å²) in [5.41, 5.74) is -0.494. The van der Waals surface area contributed by atoms with Crippen LogP contribution in [0.4, 0.5) is 19.0 Å². The highest BCUT2D eigenvalue weighted by Crippen LogP contribution is 2.43. The first kappa shape index (κ1) is 27.0. The SMILES string of the molecule is O=C(NCCC(c1ccccc1)c1ccccc1)c1ccc(N2N=C(c3cccnc3)CC2(O)C(F)(F)F)nc1. The number of carbonyl (C=O) groups is 1. The third-order valence-electron chi connectivity index (χ3n) is 6.78. The number of hydrogen-bond donors (Lipinski definition) is 2. The van der Waals surface area contributed by atoms with E-state index in [0.717, 1.165) is 11.1 Å². The summed E-state index contributed by atoms with van der Waals surface area (Å²) in [5, 5.41) is 18.0. The lowest BCUT2D eigenvalue weighted by atomic mass is 9.88. The number of aliphatic hydroxyl groups is 1. The van der Waals surface area contributed by atoms with Crippen LogP contribution in [0.2, 0.25) is 0 Å². The van der Waals surface area contributed by atoms with E-state index in [1.54, 1.807) is 12.1 Å². The first-order chi connectivity index (χ1) is 19.3. The minimum atomic E-state index is -5.02. The summed E-state index contributed by atoms with van der Waals surface area (Å²) in [6, 6.07) is 25.7. The van der Waals surface area contributed by atoms with Gasteiger partial charge in [-0.05, 0) is 35.7 Å². The smallest absolute Gasteiger partial charge is 0.362 e. The molecule has 2 N–H and O–H groups in total. The van der Waals surface area contributed by atoms with E-state index in [2.05, 4.69) is 20.4 Å². The Labute approximate surface area is 229 Å². The number of hydrazone groups is 1. The third kappa shape index (κ3) is 5.57. The molecule has 1 unspecified atom stereocenters. The lowest BCUT2D eigenvalue weighted by molar-refractivity contribution is -0.254. The Morgan fingerprint density at radius 3 is 2.17 bits per heavy atom. The maximum Gasteiger partial charge on any atom is 0.438 e. The summed E-state index contributed by atoms with van der Waals surface area (Å²) in [6.45, 7) is 0.369. The standard InChI is InChI=1S/C30H26F3N5O2/c31-30(32,33)29(40)18-26(23-12-7-16-34-19-23)37-38(29)27-14-13-24(20-36-27)28(39)35-17-15-25(21-8-3-1-4-9-21)22-10-5-2-6-11-22/h1-14,16,19-20,25,40H,15,17-18H2,(H,35,39). The fourth-order valence-electron chi connectivity index (χ4n) is 4.68. The summed E-state index contributed by atoms with van der Waals surface area (Å²) < 4.78 is 41.9. The number of nitrogens with one attached hydrogen (secondary N) is 1. The Hall–Kier alpha value is -4.57. The van der Waals surface area contributed by atoms with Crippen molar-refractivity contribution in [2.45, 2.75) is 30.7 Å². The number of aromatic nitrogens is 2. The molecule has 40 heavy (non-hydrogen) atoms. The van der Waals surface area contributed by atoms with Gasteiger partial charge in [0.25, 0.3) is 11.6 Å². The average molecular weight is 546 g/mol. The van der Waals surface area contributed by atoms with Crippen LogP contribution in [0.5, 0.6) is 0 Å². The van der Waals surface area contributed by atoms with Crippen molar-refractivity contribution in [2.24, 2.45) is 5.10 Å². The number of halogens is 3. The van der Waals surface area contributed by atoms with E-state index in [0.29, 0.717) is 23.5 Å². The Balaban J connectivity index is 1.29. The van der Waals surface area contributed by atoms with E-state index in [9.17, 15) is 23.1 Å². The minimum Gasteiger partial charge on any atom is -0.362 e. The van der Waals surface area contributed by atoms with Gasteiger partial charge >= 0.3 is 6.18 Å². The zero-order chi connectivity index (χ0) is 28.2. The maximum atomic E-state index is 14.0. The molecule has 0 spiro atoms. The number of hydrogen-bond acceptors (Lipinski definition) is 6. The fraction of sp³-hybridized carbons (Fsp3) is 0.200. The zero-order valence-corrected chi connectivity index (χ0v) is 21.3. The van der Waals surface area contributed by atoms with Gasteiger partial charge in [-0.2, -0.15) is 18.3 Å². The van der Waals surface area contributed by atoms with Gasteiger partial charge in [-0.15, -0.1) is 0 Å². The quantitative estimate of drug-likeness (QED) is 0.314. The molecule has 10 heteroatoms. The molecule has 3 heterocycles. The molecule has 1 aliphatic rings. The molecule has 1 atom stereocenters. The number of amides is 1. The van der Waals surface area contributed by atoms with E-state index >= 15 is 0 Å². The number of nitrogens with zero attached hydrogens (tertiary/aromatic N) is 4. The van der Waals surface area contributed by atoms with Gasteiger partial charge in [0.1, 0.15) is 0 Å². The number of anilines is 1. The molecule has 4 aromatic rings. The van der Waals surface area contributed by atoms with Gasteiger partial charge in [-0.3, -0.25) is 9.78 Å². The Bertz CT molecular complexity index is 1430. The first-order valence-corrected chi connectivity index (χ1v) is 12.7. The molecule has 0 bridgehead atoms. The summed E-state index contributed by atoms with van der Waals surface area (Å²) in [4.78, 5) is 20.8. The van der Waals surface area contributed by atoms with Crippen molar-refractivity contribution in [2.75, 3.05) is 11.6 Å². The molecular weight excluding hydrogens is 519 g/mol. The number of alkyl halides is 3. The predicted molar refractivity (Wildman–Crippen MR) is 145 cm³/mol. The number of rotatable bonds is 8. The highest BCUT2D eigenvalue weighted by molar-refractivity contribution is 6.03. The number of benzene rings is 2. The van der Waals surface area contributed by atoms with Crippen LogP contribution in [0.25, 0.3) is 0 Å². The van der Waals surface area contributed by atoms with Gasteiger partial charge in [0.2, 0.25) is 0 Å². The topological polar surface area (TPSA) is 90.7 Å². The van der Waals surface area contributed by atoms with Crippen LogP contribution in [0.15, 0.2) is 109 Å². The molecule has 2 aromatic carbocycles. The number of pyridine rings is 2. The molecule has 0 saturated heterocycles. The molecular formula is C30H26F3N5O2. The molecule has 0 radical (unpaired) electrons. The molecule has 2 aromatic heterocycles. The van der Waals surface area contributed by atoms with Crippen LogP contribution in [0.3, 0.4) is 0 Å². The minimum absolute atomic E-state index is 0.0166. The zero-order valence-electron chi connectivity index (χ0n) is 21.3. The monoisotopic (exact) mass is 545 g/mol. The molecule has 0 aliphatic carbocycles. The van der Waals surface area contributed by atoms with Crippen LogP contribution < -0.4 is 10.3 Å².